The number of benzene rings is 1. The van der Waals surface area contributed by atoms with Crippen molar-refractivity contribution in [2.75, 3.05) is 13.1 Å². The quantitative estimate of drug-likeness (QED) is 0.648. The first-order chi connectivity index (χ1) is 11.7. The highest BCUT2D eigenvalue weighted by atomic mass is 32.1. The fraction of sp³-hybridized carbons (Fsp3) is 0.333. The third-order valence-corrected chi connectivity index (χ3v) is 5.15. The van der Waals surface area contributed by atoms with E-state index in [0.29, 0.717) is 6.54 Å². The van der Waals surface area contributed by atoms with Crippen molar-refractivity contribution in [1.82, 2.24) is 15.6 Å². The van der Waals surface area contributed by atoms with Gasteiger partial charge < -0.3 is 5.32 Å². The average Bonchev–Trinajstić information content (AvgIpc) is 3.01. The second kappa shape index (κ2) is 7.56. The molecule has 124 valence electrons. The van der Waals surface area contributed by atoms with Crippen LogP contribution < -0.4 is 10.6 Å². The first-order valence-electron chi connectivity index (χ1n) is 7.86. The number of hydrogen-bond acceptors (Lipinski definition) is 4. The minimum absolute atomic E-state index is 0.0133. The number of carbonyl (C=O) groups is 1. The number of rotatable bonds is 5. The van der Waals surface area contributed by atoms with E-state index in [2.05, 4.69) is 21.5 Å². The molecule has 0 aliphatic heterocycles. The van der Waals surface area contributed by atoms with E-state index in [-0.39, 0.29) is 24.3 Å². The Balaban J connectivity index is 1.74. The van der Waals surface area contributed by atoms with Crippen LogP contribution in [0, 0.1) is 18.2 Å². The zero-order valence-electron chi connectivity index (χ0n) is 13.1. The molecule has 1 atom stereocenters. The summed E-state index contributed by atoms with van der Waals surface area (Å²) in [6.07, 6.45) is 7.96. The van der Waals surface area contributed by atoms with Crippen LogP contribution in [-0.2, 0) is 11.2 Å². The number of hydrogen-bond donors (Lipinski definition) is 2. The van der Waals surface area contributed by atoms with E-state index in [4.69, 9.17) is 6.42 Å². The summed E-state index contributed by atoms with van der Waals surface area (Å²) >= 11 is 1.57. The molecule has 1 aromatic carbocycles. The molecule has 6 heteroatoms. The Kier molecular flexibility index (Phi) is 5.24. The molecule has 1 heterocycles. The van der Waals surface area contributed by atoms with Crippen LogP contribution in [0.5, 0.6) is 0 Å². The normalized spacial score (nSPS) is 16.2. The van der Waals surface area contributed by atoms with Crippen LogP contribution in [0.3, 0.4) is 0 Å². The Labute approximate surface area is 144 Å². The van der Waals surface area contributed by atoms with E-state index < -0.39 is 0 Å². The number of terminal acetylenes is 1. The maximum absolute atomic E-state index is 13.1. The molecule has 2 aromatic rings. The molecule has 0 bridgehead atoms. The lowest BCUT2D eigenvalue weighted by Gasteiger charge is -2.22. The number of aryl methyl sites for hydroxylation is 1. The molecule has 3 rings (SSSR count). The van der Waals surface area contributed by atoms with Gasteiger partial charge in [0.05, 0.1) is 29.7 Å². The largest absolute Gasteiger partial charge is 0.347 e. The van der Waals surface area contributed by atoms with Crippen molar-refractivity contribution in [1.29, 1.82) is 0 Å². The molecule has 1 aromatic heterocycles. The summed E-state index contributed by atoms with van der Waals surface area (Å²) in [7, 11) is 0. The molecular formula is C18H18FN3OS. The summed E-state index contributed by atoms with van der Waals surface area (Å²) in [5, 5.41) is 6.80. The summed E-state index contributed by atoms with van der Waals surface area (Å²) in [6, 6.07) is 6.33. The molecule has 0 saturated heterocycles. The van der Waals surface area contributed by atoms with Gasteiger partial charge in [0.25, 0.3) is 0 Å². The van der Waals surface area contributed by atoms with Gasteiger partial charge >= 0.3 is 0 Å². The van der Waals surface area contributed by atoms with Crippen molar-refractivity contribution in [3.05, 3.63) is 40.7 Å². The Bertz CT molecular complexity index is 764. The van der Waals surface area contributed by atoms with Gasteiger partial charge in [-0.25, -0.2) is 9.37 Å². The minimum Gasteiger partial charge on any atom is -0.347 e. The van der Waals surface area contributed by atoms with E-state index in [1.54, 1.807) is 23.5 Å². The summed E-state index contributed by atoms with van der Waals surface area (Å²) in [5.74, 6) is 2.11. The highest BCUT2D eigenvalue weighted by molar-refractivity contribution is 7.15. The number of carbonyl (C=O) groups excluding carboxylic acids is 1. The Morgan fingerprint density at radius 1 is 1.42 bits per heavy atom. The predicted molar refractivity (Wildman–Crippen MR) is 93.0 cm³/mol. The number of aromatic nitrogens is 1. The summed E-state index contributed by atoms with van der Waals surface area (Å²) in [4.78, 5) is 17.8. The number of nitrogens with one attached hydrogen (secondary N) is 2. The number of fused-ring (bicyclic) bond motifs is 1. The van der Waals surface area contributed by atoms with E-state index >= 15 is 0 Å². The van der Waals surface area contributed by atoms with Gasteiger partial charge in [0.2, 0.25) is 5.91 Å². The molecule has 0 radical (unpaired) electrons. The van der Waals surface area contributed by atoms with Crippen molar-refractivity contribution < 1.29 is 9.18 Å². The van der Waals surface area contributed by atoms with Gasteiger partial charge in [0.15, 0.2) is 0 Å². The van der Waals surface area contributed by atoms with Crippen molar-refractivity contribution in [3.63, 3.8) is 0 Å². The lowest BCUT2D eigenvalue weighted by atomic mass is 9.98. The van der Waals surface area contributed by atoms with Crippen LogP contribution in [0.15, 0.2) is 24.3 Å². The Morgan fingerprint density at radius 3 is 2.96 bits per heavy atom. The van der Waals surface area contributed by atoms with Crippen LogP contribution in [0.4, 0.5) is 4.39 Å². The van der Waals surface area contributed by atoms with Crippen molar-refractivity contribution in [2.24, 2.45) is 0 Å². The van der Waals surface area contributed by atoms with Crippen LogP contribution >= 0.6 is 11.3 Å². The van der Waals surface area contributed by atoms with Crippen LogP contribution in [0.1, 0.15) is 29.5 Å². The molecule has 24 heavy (non-hydrogen) atoms. The molecule has 0 spiro atoms. The lowest BCUT2D eigenvalue weighted by Crippen LogP contribution is -2.37. The van der Waals surface area contributed by atoms with Gasteiger partial charge in [-0.05, 0) is 43.5 Å². The highest BCUT2D eigenvalue weighted by Crippen LogP contribution is 2.37. The van der Waals surface area contributed by atoms with Crippen molar-refractivity contribution in [2.45, 2.75) is 25.3 Å². The Morgan fingerprint density at radius 2 is 2.21 bits per heavy atom. The predicted octanol–water partition coefficient (Wildman–Crippen LogP) is 2.67. The maximum Gasteiger partial charge on any atom is 0.234 e. The first-order valence-corrected chi connectivity index (χ1v) is 8.68. The molecule has 1 aliphatic carbocycles. The number of thiazole rings is 1. The monoisotopic (exact) mass is 343 g/mol. The Hall–Kier alpha value is -2.23. The second-order valence-electron chi connectivity index (χ2n) is 5.66. The molecule has 4 nitrogen and oxygen atoms in total. The lowest BCUT2D eigenvalue weighted by molar-refractivity contribution is -0.121. The van der Waals surface area contributed by atoms with E-state index in [9.17, 15) is 9.18 Å². The van der Waals surface area contributed by atoms with E-state index in [1.807, 2.05) is 0 Å². The summed E-state index contributed by atoms with van der Waals surface area (Å²) in [6.45, 7) is 0.582. The molecule has 0 fully saturated rings. The third kappa shape index (κ3) is 3.81. The molecule has 1 amide bonds. The summed E-state index contributed by atoms with van der Waals surface area (Å²) < 4.78 is 13.1. The van der Waals surface area contributed by atoms with Gasteiger partial charge in [0.1, 0.15) is 10.8 Å². The van der Waals surface area contributed by atoms with Gasteiger partial charge in [0, 0.05) is 5.56 Å². The molecule has 1 aliphatic rings. The highest BCUT2D eigenvalue weighted by Gasteiger charge is 2.26. The number of amides is 1. The molecular weight excluding hydrogens is 325 g/mol. The number of nitrogens with zero attached hydrogens (tertiary/aromatic N) is 1. The average molecular weight is 343 g/mol. The van der Waals surface area contributed by atoms with Gasteiger partial charge in [-0.1, -0.05) is 5.92 Å². The fourth-order valence-electron chi connectivity index (χ4n) is 2.77. The second-order valence-corrected chi connectivity index (χ2v) is 6.69. The maximum atomic E-state index is 13.1. The SMILES string of the molecule is C#CCNCC(=O)NC1CCCc2nc(-c3ccc(F)cc3)sc21. The fourth-order valence-corrected chi connectivity index (χ4v) is 3.97. The minimum atomic E-state index is -0.260. The smallest absolute Gasteiger partial charge is 0.234 e. The summed E-state index contributed by atoms with van der Waals surface area (Å²) in [5.41, 5.74) is 1.93. The molecule has 1 unspecified atom stereocenters. The molecule has 0 saturated carbocycles. The van der Waals surface area contributed by atoms with Crippen LogP contribution in [0.2, 0.25) is 0 Å². The molecule has 2 N–H and O–H groups in total. The third-order valence-electron chi connectivity index (χ3n) is 3.89. The van der Waals surface area contributed by atoms with E-state index in [1.165, 1.54) is 12.1 Å². The topological polar surface area (TPSA) is 54.0 Å². The van der Waals surface area contributed by atoms with Crippen LogP contribution in [-0.4, -0.2) is 24.0 Å². The van der Waals surface area contributed by atoms with Gasteiger partial charge in [-0.15, -0.1) is 17.8 Å². The van der Waals surface area contributed by atoms with Crippen LogP contribution in [0.25, 0.3) is 10.6 Å². The zero-order chi connectivity index (χ0) is 16.9. The van der Waals surface area contributed by atoms with Crippen molar-refractivity contribution >= 4 is 17.2 Å². The standard InChI is InChI=1S/C18H18FN3OS/c1-2-10-20-11-16(23)21-14-4-3-5-15-17(14)24-18(22-15)12-6-8-13(19)9-7-12/h1,6-9,14,20H,3-5,10-11H2,(H,21,23). The van der Waals surface area contributed by atoms with Gasteiger partial charge in [-0.2, -0.15) is 0 Å². The van der Waals surface area contributed by atoms with Crippen molar-refractivity contribution in [3.8, 4) is 22.9 Å². The first kappa shape index (κ1) is 16.6. The van der Waals surface area contributed by atoms with Gasteiger partial charge in [-0.3, -0.25) is 10.1 Å². The zero-order valence-corrected chi connectivity index (χ0v) is 14.0. The van der Waals surface area contributed by atoms with E-state index in [0.717, 1.165) is 40.4 Å². The number of halogens is 1.